The molecule has 0 radical (unpaired) electrons. The zero-order valence-electron chi connectivity index (χ0n) is 28.0. The Kier molecular flexibility index (Phi) is 12.5. The number of ether oxygens (including phenoxy) is 1. The third-order valence-electron chi connectivity index (χ3n) is 9.07. The second kappa shape index (κ2) is 17.4. The summed E-state index contributed by atoms with van der Waals surface area (Å²) in [5.74, 6) is -2.72. The first kappa shape index (κ1) is 36.0. The van der Waals surface area contributed by atoms with Crippen molar-refractivity contribution in [3.05, 3.63) is 101 Å². The van der Waals surface area contributed by atoms with Crippen molar-refractivity contribution in [2.24, 2.45) is 0 Å². The molecule has 0 bridgehead atoms. The fourth-order valence-electron chi connectivity index (χ4n) is 6.34. The number of hydrogen-bond donors (Lipinski definition) is 5. The molecule has 264 valence electrons. The maximum Gasteiger partial charge on any atom is 0.255 e. The van der Waals surface area contributed by atoms with Crippen LogP contribution in [-0.4, -0.2) is 66.9 Å². The average molecular weight is 686 g/mol. The highest BCUT2D eigenvalue weighted by Crippen LogP contribution is 2.29. The number of hydrogen-bond acceptors (Lipinski definition) is 6. The van der Waals surface area contributed by atoms with Gasteiger partial charge in [0.15, 0.2) is 0 Å². The van der Waals surface area contributed by atoms with Crippen molar-refractivity contribution >= 4 is 29.5 Å². The number of benzene rings is 3. The number of halogens is 1. The quantitative estimate of drug-likeness (QED) is 0.269. The summed E-state index contributed by atoms with van der Waals surface area (Å²) in [5.41, 5.74) is 0.534. The van der Waals surface area contributed by atoms with Crippen LogP contribution >= 0.6 is 0 Å². The van der Waals surface area contributed by atoms with Crippen molar-refractivity contribution in [3.8, 4) is 5.75 Å². The van der Waals surface area contributed by atoms with E-state index >= 15 is 0 Å². The van der Waals surface area contributed by atoms with E-state index in [4.69, 9.17) is 4.74 Å². The van der Waals surface area contributed by atoms with E-state index in [1.54, 1.807) is 36.4 Å². The summed E-state index contributed by atoms with van der Waals surface area (Å²) in [6.07, 6.45) is 3.59. The Hall–Kier alpha value is -5.26. The molecular weight excluding hydrogens is 641 g/mol. The zero-order chi connectivity index (χ0) is 35.3. The molecule has 1 saturated carbocycles. The van der Waals surface area contributed by atoms with E-state index in [1.165, 1.54) is 12.1 Å². The van der Waals surface area contributed by atoms with Crippen molar-refractivity contribution in [1.82, 2.24) is 26.6 Å². The largest absolute Gasteiger partial charge is 0.493 e. The van der Waals surface area contributed by atoms with E-state index in [2.05, 4.69) is 26.6 Å². The highest BCUT2D eigenvalue weighted by molar-refractivity contribution is 6.01. The minimum atomic E-state index is -1.30. The standard InChI is InChI=1S/C38H44FN5O6/c39-28-16-14-26(15-17-28)18-22-41-36(48)31-25-33(45)44-38(19-7-2-8-20-38)37(49)43-30(24-27-10-3-1-4-11-27)35(47)40-21-9-23-50-32-13-6-5-12-29(32)34(46)42-31/h1,3-6,10-17,30-31H,2,7-9,18-25H2,(H,40,47)(H,41,48)(H,42,46)(H,43,49)(H,44,45)/t30-,31-/m0/s1. The summed E-state index contributed by atoms with van der Waals surface area (Å²) in [6, 6.07) is 19.6. The second-order valence-electron chi connectivity index (χ2n) is 12.8. The monoisotopic (exact) mass is 685 g/mol. The number of carbonyl (C=O) groups excluding carboxylic acids is 5. The molecule has 1 heterocycles. The highest BCUT2D eigenvalue weighted by atomic mass is 19.1. The predicted molar refractivity (Wildman–Crippen MR) is 185 cm³/mol. The van der Waals surface area contributed by atoms with E-state index in [0.29, 0.717) is 38.5 Å². The Balaban J connectivity index is 1.40. The van der Waals surface area contributed by atoms with Crippen LogP contribution in [0.25, 0.3) is 0 Å². The van der Waals surface area contributed by atoms with Crippen LogP contribution in [0.4, 0.5) is 4.39 Å². The Morgan fingerprint density at radius 1 is 0.840 bits per heavy atom. The maximum atomic E-state index is 14.1. The number of para-hydroxylation sites is 1. The summed E-state index contributed by atoms with van der Waals surface area (Å²) < 4.78 is 19.3. The van der Waals surface area contributed by atoms with Gasteiger partial charge < -0.3 is 31.3 Å². The predicted octanol–water partition coefficient (Wildman–Crippen LogP) is 3.12. The minimum absolute atomic E-state index is 0.174. The van der Waals surface area contributed by atoms with E-state index in [0.717, 1.165) is 17.5 Å². The first-order valence-electron chi connectivity index (χ1n) is 17.2. The first-order valence-corrected chi connectivity index (χ1v) is 17.2. The van der Waals surface area contributed by atoms with Crippen molar-refractivity contribution in [1.29, 1.82) is 0 Å². The second-order valence-corrected chi connectivity index (χ2v) is 12.8. The number of nitrogens with one attached hydrogen (secondary N) is 5. The Morgan fingerprint density at radius 2 is 1.56 bits per heavy atom. The van der Waals surface area contributed by atoms with Crippen LogP contribution in [-0.2, 0) is 32.0 Å². The molecule has 1 aliphatic heterocycles. The molecule has 50 heavy (non-hydrogen) atoms. The lowest BCUT2D eigenvalue weighted by molar-refractivity contribution is -0.138. The van der Waals surface area contributed by atoms with Gasteiger partial charge in [0.1, 0.15) is 29.2 Å². The lowest BCUT2D eigenvalue weighted by atomic mass is 9.80. The smallest absolute Gasteiger partial charge is 0.255 e. The molecule has 1 spiro atoms. The van der Waals surface area contributed by atoms with Crippen molar-refractivity contribution in [2.75, 3.05) is 19.7 Å². The lowest BCUT2D eigenvalue weighted by Crippen LogP contribution is -2.63. The summed E-state index contributed by atoms with van der Waals surface area (Å²) in [4.78, 5) is 68.4. The first-order chi connectivity index (χ1) is 24.2. The third-order valence-corrected chi connectivity index (χ3v) is 9.07. The van der Waals surface area contributed by atoms with E-state index in [-0.39, 0.29) is 49.2 Å². The van der Waals surface area contributed by atoms with Crippen molar-refractivity contribution in [2.45, 2.75) is 75.4 Å². The molecule has 11 nitrogen and oxygen atoms in total. The Bertz CT molecular complexity index is 1640. The van der Waals surface area contributed by atoms with Gasteiger partial charge >= 0.3 is 0 Å². The Labute approximate surface area is 291 Å². The van der Waals surface area contributed by atoms with Crippen LogP contribution in [0.2, 0.25) is 0 Å². The summed E-state index contributed by atoms with van der Waals surface area (Å²) in [6.45, 7) is 0.616. The average Bonchev–Trinajstić information content (AvgIpc) is 3.12. The topological polar surface area (TPSA) is 155 Å². The fraction of sp³-hybridized carbons (Fsp3) is 0.395. The highest BCUT2D eigenvalue weighted by Gasteiger charge is 2.43. The van der Waals surface area contributed by atoms with Gasteiger partial charge in [-0.2, -0.15) is 0 Å². The molecule has 2 aliphatic rings. The zero-order valence-corrected chi connectivity index (χ0v) is 28.0. The van der Waals surface area contributed by atoms with E-state index in [9.17, 15) is 28.4 Å². The molecular formula is C38H44FN5O6. The van der Waals surface area contributed by atoms with Gasteiger partial charge in [0, 0.05) is 19.5 Å². The van der Waals surface area contributed by atoms with Crippen LogP contribution in [0.15, 0.2) is 78.9 Å². The molecule has 12 heteroatoms. The van der Waals surface area contributed by atoms with Gasteiger partial charge in [0.2, 0.25) is 23.6 Å². The number of amides is 5. The normalized spacial score (nSPS) is 20.4. The molecule has 5 N–H and O–H groups in total. The van der Waals surface area contributed by atoms with Gasteiger partial charge in [-0.15, -0.1) is 0 Å². The molecule has 5 amide bonds. The van der Waals surface area contributed by atoms with Gasteiger partial charge in [-0.1, -0.05) is 73.9 Å². The van der Waals surface area contributed by atoms with Crippen LogP contribution in [0.3, 0.4) is 0 Å². The molecule has 1 fully saturated rings. The van der Waals surface area contributed by atoms with E-state index in [1.807, 2.05) is 30.3 Å². The molecule has 1 aliphatic carbocycles. The van der Waals surface area contributed by atoms with Crippen molar-refractivity contribution in [3.63, 3.8) is 0 Å². The van der Waals surface area contributed by atoms with Crippen LogP contribution < -0.4 is 31.3 Å². The molecule has 2 atom stereocenters. The number of rotatable bonds is 6. The van der Waals surface area contributed by atoms with Gasteiger partial charge in [-0.3, -0.25) is 24.0 Å². The maximum absolute atomic E-state index is 14.1. The third kappa shape index (κ3) is 9.90. The lowest BCUT2D eigenvalue weighted by Gasteiger charge is -2.38. The van der Waals surface area contributed by atoms with Crippen LogP contribution in [0, 0.1) is 5.82 Å². The molecule has 5 rings (SSSR count). The molecule has 3 aromatic rings. The molecule has 3 aromatic carbocycles. The fourth-order valence-corrected chi connectivity index (χ4v) is 6.34. The van der Waals surface area contributed by atoms with Gasteiger partial charge in [-0.25, -0.2) is 4.39 Å². The summed E-state index contributed by atoms with van der Waals surface area (Å²) >= 11 is 0. The van der Waals surface area contributed by atoms with Gasteiger partial charge in [-0.05, 0) is 61.1 Å². The molecule has 0 unspecified atom stereocenters. The Morgan fingerprint density at radius 3 is 2.32 bits per heavy atom. The van der Waals surface area contributed by atoms with Crippen molar-refractivity contribution < 1.29 is 33.1 Å². The van der Waals surface area contributed by atoms with Crippen LogP contribution in [0.1, 0.15) is 66.4 Å². The van der Waals surface area contributed by atoms with Gasteiger partial charge in [0.05, 0.1) is 18.6 Å². The number of carbonyl (C=O) groups is 5. The van der Waals surface area contributed by atoms with E-state index < -0.39 is 47.7 Å². The minimum Gasteiger partial charge on any atom is -0.493 e. The summed E-state index contributed by atoms with van der Waals surface area (Å²) in [5, 5.41) is 14.2. The van der Waals surface area contributed by atoms with Crippen LogP contribution in [0.5, 0.6) is 5.75 Å². The number of fused-ring (bicyclic) bond motifs is 1. The van der Waals surface area contributed by atoms with Gasteiger partial charge in [0.25, 0.3) is 5.91 Å². The SMILES string of the molecule is O=C1C[C@@H](C(=O)NCCc2ccc(F)cc2)NC(=O)c2ccccc2OCCCNC(=O)[C@H](Cc2ccccc2)NC(=O)C2(CCCCC2)N1. The summed E-state index contributed by atoms with van der Waals surface area (Å²) in [7, 11) is 0. The molecule has 0 aromatic heterocycles. The molecule has 0 saturated heterocycles.